The minimum Gasteiger partial charge on any atom is -0.491 e. The molecular formula is C22H26FNO5S. The minimum absolute atomic E-state index is 0.00153. The molecule has 2 atom stereocenters. The Morgan fingerprint density at radius 2 is 1.93 bits per heavy atom. The van der Waals surface area contributed by atoms with E-state index in [0.717, 1.165) is 0 Å². The molecule has 1 fully saturated rings. The quantitative estimate of drug-likeness (QED) is 0.609. The molecule has 0 saturated carbocycles. The van der Waals surface area contributed by atoms with Gasteiger partial charge in [0.25, 0.3) is 0 Å². The van der Waals surface area contributed by atoms with Crippen LogP contribution in [0.3, 0.4) is 0 Å². The number of Topliss-reactive ketones (excluding diaryl/α,β-unsaturated/α-hetero) is 1. The minimum atomic E-state index is -3.12. The van der Waals surface area contributed by atoms with E-state index in [1.165, 1.54) is 13.0 Å². The molecule has 0 radical (unpaired) electrons. The molecular weight excluding hydrogens is 409 g/mol. The van der Waals surface area contributed by atoms with Crippen molar-refractivity contribution in [2.75, 3.05) is 24.7 Å². The fourth-order valence-electron chi connectivity index (χ4n) is 3.55. The van der Waals surface area contributed by atoms with Gasteiger partial charge in [0.2, 0.25) is 0 Å². The largest absolute Gasteiger partial charge is 0.491 e. The smallest absolute Gasteiger partial charge is 0.159 e. The number of aliphatic hydroxyl groups is 1. The number of hydrogen-bond acceptors (Lipinski definition) is 6. The highest BCUT2D eigenvalue weighted by Gasteiger charge is 2.33. The molecule has 0 aromatic heterocycles. The Kier molecular flexibility index (Phi) is 7.23. The van der Waals surface area contributed by atoms with Crippen LogP contribution in [0.15, 0.2) is 48.5 Å². The van der Waals surface area contributed by atoms with Crippen molar-refractivity contribution in [1.82, 2.24) is 4.90 Å². The van der Waals surface area contributed by atoms with Gasteiger partial charge in [-0.1, -0.05) is 18.2 Å². The summed E-state index contributed by atoms with van der Waals surface area (Å²) >= 11 is 0. The summed E-state index contributed by atoms with van der Waals surface area (Å²) < 4.78 is 43.6. The summed E-state index contributed by atoms with van der Waals surface area (Å²) in [6, 6.07) is 12.7. The van der Waals surface area contributed by atoms with Crippen LogP contribution in [0.25, 0.3) is 0 Å². The second-order valence-corrected chi connectivity index (χ2v) is 9.85. The molecule has 1 heterocycles. The number of sulfone groups is 1. The number of rotatable bonds is 9. The van der Waals surface area contributed by atoms with Crippen LogP contribution in [0.5, 0.6) is 5.75 Å². The van der Waals surface area contributed by atoms with Gasteiger partial charge in [-0.2, -0.15) is 0 Å². The number of halogens is 1. The SMILES string of the molecule is CC(=O)c1ccc(OCC(O)CN(Cc2ccccc2F)C2CCS(=O)(=O)C2)cc1. The third-order valence-corrected chi connectivity index (χ3v) is 6.95. The highest BCUT2D eigenvalue weighted by molar-refractivity contribution is 7.91. The van der Waals surface area contributed by atoms with Gasteiger partial charge in [0.05, 0.1) is 11.5 Å². The maximum absolute atomic E-state index is 14.1. The predicted molar refractivity (Wildman–Crippen MR) is 112 cm³/mol. The number of carbonyl (C=O) groups excluding carboxylic acids is 1. The normalized spacial score (nSPS) is 19.0. The lowest BCUT2D eigenvalue weighted by Crippen LogP contribution is -2.42. The first-order valence-electron chi connectivity index (χ1n) is 9.83. The molecule has 0 spiro atoms. The Hall–Kier alpha value is -2.29. The summed E-state index contributed by atoms with van der Waals surface area (Å²) in [6.07, 6.45) is -0.441. The van der Waals surface area contributed by atoms with Gasteiger partial charge in [0, 0.05) is 30.3 Å². The topological polar surface area (TPSA) is 83.9 Å². The van der Waals surface area contributed by atoms with Crippen molar-refractivity contribution in [3.05, 3.63) is 65.5 Å². The number of carbonyl (C=O) groups is 1. The van der Waals surface area contributed by atoms with E-state index in [-0.39, 0.29) is 48.8 Å². The third-order valence-electron chi connectivity index (χ3n) is 5.20. The van der Waals surface area contributed by atoms with E-state index >= 15 is 0 Å². The molecule has 6 nitrogen and oxygen atoms in total. The third kappa shape index (κ3) is 6.10. The second kappa shape index (κ2) is 9.68. The lowest BCUT2D eigenvalue weighted by Gasteiger charge is -2.30. The summed E-state index contributed by atoms with van der Waals surface area (Å²) in [4.78, 5) is 13.1. The van der Waals surface area contributed by atoms with Crippen molar-refractivity contribution >= 4 is 15.6 Å². The Bertz CT molecular complexity index is 977. The molecule has 0 aliphatic carbocycles. The molecule has 30 heavy (non-hydrogen) atoms. The molecule has 2 aromatic rings. The fourth-order valence-corrected chi connectivity index (χ4v) is 5.31. The zero-order chi connectivity index (χ0) is 21.7. The molecule has 0 amide bonds. The van der Waals surface area contributed by atoms with E-state index in [1.54, 1.807) is 42.5 Å². The number of ether oxygens (including phenoxy) is 1. The maximum Gasteiger partial charge on any atom is 0.159 e. The van der Waals surface area contributed by atoms with Crippen molar-refractivity contribution in [2.45, 2.75) is 32.0 Å². The zero-order valence-electron chi connectivity index (χ0n) is 16.8. The van der Waals surface area contributed by atoms with Crippen LogP contribution in [-0.2, 0) is 16.4 Å². The first kappa shape index (κ1) is 22.4. The van der Waals surface area contributed by atoms with E-state index in [1.807, 2.05) is 4.90 Å². The average Bonchev–Trinajstić information content (AvgIpc) is 3.07. The van der Waals surface area contributed by atoms with Crippen LogP contribution in [0, 0.1) is 5.82 Å². The molecule has 8 heteroatoms. The van der Waals surface area contributed by atoms with Crippen LogP contribution in [0.2, 0.25) is 0 Å². The molecule has 1 N–H and O–H groups in total. The number of aliphatic hydroxyl groups excluding tert-OH is 1. The van der Waals surface area contributed by atoms with Crippen LogP contribution < -0.4 is 4.74 Å². The van der Waals surface area contributed by atoms with Gasteiger partial charge in [-0.05, 0) is 43.7 Å². The number of benzene rings is 2. The van der Waals surface area contributed by atoms with Gasteiger partial charge in [0.1, 0.15) is 24.3 Å². The Balaban J connectivity index is 1.64. The molecule has 3 rings (SSSR count). The van der Waals surface area contributed by atoms with Crippen LogP contribution in [0.4, 0.5) is 4.39 Å². The molecule has 1 aliphatic rings. The summed E-state index contributed by atoms with van der Waals surface area (Å²) in [5, 5.41) is 10.5. The van der Waals surface area contributed by atoms with E-state index in [4.69, 9.17) is 4.74 Å². The molecule has 1 aliphatic heterocycles. The van der Waals surface area contributed by atoms with Crippen LogP contribution in [0.1, 0.15) is 29.3 Å². The van der Waals surface area contributed by atoms with Gasteiger partial charge in [0.15, 0.2) is 15.6 Å². The standard InChI is InChI=1S/C22H26FNO5S/c1-16(25)17-6-8-21(9-7-17)29-14-20(26)13-24(19-10-11-30(27,28)15-19)12-18-4-2-3-5-22(18)23/h2-9,19-20,26H,10-15H2,1H3. The number of ketones is 1. The number of nitrogens with zero attached hydrogens (tertiary/aromatic N) is 1. The fraction of sp³-hybridized carbons (Fsp3) is 0.409. The van der Waals surface area contributed by atoms with Crippen molar-refractivity contribution < 1.29 is 27.4 Å². The highest BCUT2D eigenvalue weighted by Crippen LogP contribution is 2.22. The molecule has 2 aromatic carbocycles. The monoisotopic (exact) mass is 435 g/mol. The highest BCUT2D eigenvalue weighted by atomic mass is 32.2. The Morgan fingerprint density at radius 1 is 1.23 bits per heavy atom. The van der Waals surface area contributed by atoms with Gasteiger partial charge in [-0.15, -0.1) is 0 Å². The summed E-state index contributed by atoms with van der Waals surface area (Å²) in [5.74, 6) is 0.210. The van der Waals surface area contributed by atoms with Gasteiger partial charge in [-0.25, -0.2) is 12.8 Å². The van der Waals surface area contributed by atoms with E-state index in [2.05, 4.69) is 0 Å². The average molecular weight is 436 g/mol. The van der Waals surface area contributed by atoms with Crippen LogP contribution >= 0.6 is 0 Å². The van der Waals surface area contributed by atoms with Crippen molar-refractivity contribution in [1.29, 1.82) is 0 Å². The molecule has 1 saturated heterocycles. The first-order valence-corrected chi connectivity index (χ1v) is 11.7. The van der Waals surface area contributed by atoms with Crippen molar-refractivity contribution in [2.24, 2.45) is 0 Å². The zero-order valence-corrected chi connectivity index (χ0v) is 17.6. The van der Waals surface area contributed by atoms with Gasteiger partial charge in [-0.3, -0.25) is 9.69 Å². The lowest BCUT2D eigenvalue weighted by atomic mass is 10.1. The lowest BCUT2D eigenvalue weighted by molar-refractivity contribution is 0.0520. The summed E-state index contributed by atoms with van der Waals surface area (Å²) in [5.41, 5.74) is 1.02. The Labute approximate surface area is 176 Å². The van der Waals surface area contributed by atoms with Crippen LogP contribution in [-0.4, -0.2) is 61.0 Å². The van der Waals surface area contributed by atoms with Crippen molar-refractivity contribution in [3.63, 3.8) is 0 Å². The summed E-state index contributed by atoms with van der Waals surface area (Å²) in [6.45, 7) is 1.83. The number of hydrogen-bond donors (Lipinski definition) is 1. The molecule has 2 unspecified atom stereocenters. The van der Waals surface area contributed by atoms with E-state index in [0.29, 0.717) is 23.3 Å². The van der Waals surface area contributed by atoms with Gasteiger partial charge < -0.3 is 9.84 Å². The second-order valence-electron chi connectivity index (χ2n) is 7.62. The van der Waals surface area contributed by atoms with Crippen molar-refractivity contribution in [3.8, 4) is 5.75 Å². The van der Waals surface area contributed by atoms with E-state index < -0.39 is 15.9 Å². The molecule has 0 bridgehead atoms. The van der Waals surface area contributed by atoms with E-state index in [9.17, 15) is 22.7 Å². The van der Waals surface area contributed by atoms with Gasteiger partial charge >= 0.3 is 0 Å². The first-order chi connectivity index (χ1) is 14.2. The Morgan fingerprint density at radius 3 is 2.53 bits per heavy atom. The predicted octanol–water partition coefficient (Wildman–Crippen LogP) is 2.46. The maximum atomic E-state index is 14.1. The molecule has 162 valence electrons. The summed E-state index contributed by atoms with van der Waals surface area (Å²) in [7, 11) is -3.12.